The Morgan fingerprint density at radius 1 is 1.18 bits per heavy atom. The predicted molar refractivity (Wildman–Crippen MR) is 69.1 cm³/mol. The van der Waals surface area contributed by atoms with Crippen LogP contribution in [0.5, 0.6) is 0 Å². The van der Waals surface area contributed by atoms with Gasteiger partial charge in [0.25, 0.3) is 0 Å². The van der Waals surface area contributed by atoms with Gasteiger partial charge >= 0.3 is 5.97 Å². The molecule has 0 spiro atoms. The summed E-state index contributed by atoms with van der Waals surface area (Å²) in [6.45, 7) is 10.7. The van der Waals surface area contributed by atoms with Gasteiger partial charge in [-0.05, 0) is 27.2 Å². The van der Waals surface area contributed by atoms with Gasteiger partial charge in [-0.2, -0.15) is 0 Å². The first-order valence-electron chi connectivity index (χ1n) is 6.46. The molecule has 0 aromatic carbocycles. The summed E-state index contributed by atoms with van der Waals surface area (Å²) in [7, 11) is 0. The minimum atomic E-state index is -0.389. The van der Waals surface area contributed by atoms with Gasteiger partial charge in [-0.15, -0.1) is 0 Å². The van der Waals surface area contributed by atoms with Crippen LogP contribution in [0.4, 0.5) is 0 Å². The van der Waals surface area contributed by atoms with Gasteiger partial charge < -0.3 is 14.8 Å². The number of nitrogens with one attached hydrogen (secondary N) is 1. The first kappa shape index (κ1) is 16.4. The van der Waals surface area contributed by atoms with Crippen molar-refractivity contribution in [3.8, 4) is 0 Å². The fourth-order valence-corrected chi connectivity index (χ4v) is 1.20. The lowest BCUT2D eigenvalue weighted by molar-refractivity contribution is -0.154. The third-order valence-corrected chi connectivity index (χ3v) is 1.99. The van der Waals surface area contributed by atoms with E-state index >= 15 is 0 Å². The highest BCUT2D eigenvalue weighted by Crippen LogP contribution is 2.07. The summed E-state index contributed by atoms with van der Waals surface area (Å²) in [5.41, 5.74) is -0.389. The Labute approximate surface area is 105 Å². The van der Waals surface area contributed by atoms with E-state index in [-0.39, 0.29) is 11.6 Å². The third-order valence-electron chi connectivity index (χ3n) is 1.99. The highest BCUT2D eigenvalue weighted by molar-refractivity contribution is 5.70. The molecule has 0 aliphatic rings. The summed E-state index contributed by atoms with van der Waals surface area (Å²) in [6, 6.07) is 0. The van der Waals surface area contributed by atoms with Crippen molar-refractivity contribution in [1.82, 2.24) is 5.32 Å². The minimum absolute atomic E-state index is 0.156. The zero-order chi connectivity index (χ0) is 13.1. The fourth-order valence-electron chi connectivity index (χ4n) is 1.20. The zero-order valence-electron chi connectivity index (χ0n) is 11.7. The molecule has 4 nitrogen and oxygen atoms in total. The van der Waals surface area contributed by atoms with Crippen LogP contribution in [0.3, 0.4) is 0 Å². The van der Waals surface area contributed by atoms with Crippen LogP contribution in [-0.4, -0.2) is 37.9 Å². The second-order valence-electron chi connectivity index (χ2n) is 5.05. The first-order valence-corrected chi connectivity index (χ1v) is 6.46. The van der Waals surface area contributed by atoms with Gasteiger partial charge in [-0.3, -0.25) is 4.79 Å². The summed E-state index contributed by atoms with van der Waals surface area (Å²) in [5, 5.41) is 3.15. The molecule has 1 N–H and O–H groups in total. The number of rotatable bonds is 9. The Kier molecular flexibility index (Phi) is 9.09. The lowest BCUT2D eigenvalue weighted by atomic mass is 10.2. The lowest BCUT2D eigenvalue weighted by Crippen LogP contribution is -2.28. The van der Waals surface area contributed by atoms with Gasteiger partial charge in [0.2, 0.25) is 0 Å². The molecule has 102 valence electrons. The molecular formula is C13H27NO3. The Bertz CT molecular complexity index is 199. The molecule has 0 saturated carbocycles. The number of esters is 1. The Morgan fingerprint density at radius 2 is 1.88 bits per heavy atom. The van der Waals surface area contributed by atoms with E-state index in [1.165, 1.54) is 0 Å². The van der Waals surface area contributed by atoms with Crippen molar-refractivity contribution in [1.29, 1.82) is 0 Å². The maximum absolute atomic E-state index is 11.3. The number of carbonyl (C=O) groups is 1. The van der Waals surface area contributed by atoms with Gasteiger partial charge in [-0.1, -0.05) is 13.3 Å². The standard InChI is InChI=1S/C13H27NO3/c1-5-6-10-16-11-9-14-8-7-12(15)17-13(2,3)4/h14H,5-11H2,1-4H3. The number of hydrogen-bond donors (Lipinski definition) is 1. The minimum Gasteiger partial charge on any atom is -0.460 e. The van der Waals surface area contributed by atoms with E-state index in [0.29, 0.717) is 19.6 Å². The second-order valence-corrected chi connectivity index (χ2v) is 5.05. The van der Waals surface area contributed by atoms with E-state index in [1.807, 2.05) is 20.8 Å². The molecule has 17 heavy (non-hydrogen) atoms. The SMILES string of the molecule is CCCCOCCNCCC(=O)OC(C)(C)C. The molecule has 0 heterocycles. The van der Waals surface area contributed by atoms with E-state index < -0.39 is 0 Å². The number of carbonyl (C=O) groups excluding carboxylic acids is 1. The van der Waals surface area contributed by atoms with Crippen LogP contribution in [0.1, 0.15) is 47.0 Å². The van der Waals surface area contributed by atoms with Crippen LogP contribution in [0, 0.1) is 0 Å². The molecule has 0 aromatic rings. The van der Waals surface area contributed by atoms with E-state index in [4.69, 9.17) is 9.47 Å². The monoisotopic (exact) mass is 245 g/mol. The van der Waals surface area contributed by atoms with Gasteiger partial charge in [-0.25, -0.2) is 0 Å². The molecule has 0 fully saturated rings. The maximum atomic E-state index is 11.3. The van der Waals surface area contributed by atoms with Crippen LogP contribution >= 0.6 is 0 Å². The van der Waals surface area contributed by atoms with Crippen molar-refractivity contribution in [2.45, 2.75) is 52.6 Å². The average Bonchev–Trinajstić information content (AvgIpc) is 2.19. The number of ether oxygens (including phenoxy) is 2. The topological polar surface area (TPSA) is 47.6 Å². The van der Waals surface area contributed by atoms with Crippen molar-refractivity contribution in [3.63, 3.8) is 0 Å². The van der Waals surface area contributed by atoms with Crippen LogP contribution in [0.25, 0.3) is 0 Å². The molecule has 0 saturated heterocycles. The van der Waals surface area contributed by atoms with Crippen molar-refractivity contribution in [3.05, 3.63) is 0 Å². The number of hydrogen-bond acceptors (Lipinski definition) is 4. The highest BCUT2D eigenvalue weighted by Gasteiger charge is 2.15. The molecule has 0 atom stereocenters. The lowest BCUT2D eigenvalue weighted by Gasteiger charge is -2.19. The smallest absolute Gasteiger partial charge is 0.307 e. The molecule has 0 radical (unpaired) electrons. The molecular weight excluding hydrogens is 218 g/mol. The summed E-state index contributed by atoms with van der Waals surface area (Å²) in [4.78, 5) is 11.3. The molecule has 0 aliphatic carbocycles. The van der Waals surface area contributed by atoms with Crippen molar-refractivity contribution < 1.29 is 14.3 Å². The van der Waals surface area contributed by atoms with Crippen molar-refractivity contribution >= 4 is 5.97 Å². The van der Waals surface area contributed by atoms with Crippen LogP contribution in [-0.2, 0) is 14.3 Å². The van der Waals surface area contributed by atoms with E-state index in [1.54, 1.807) is 0 Å². The van der Waals surface area contributed by atoms with Crippen LogP contribution in [0.2, 0.25) is 0 Å². The highest BCUT2D eigenvalue weighted by atomic mass is 16.6. The Balaban J connectivity index is 3.25. The van der Waals surface area contributed by atoms with Gasteiger partial charge in [0.15, 0.2) is 0 Å². The summed E-state index contributed by atoms with van der Waals surface area (Å²) in [6.07, 6.45) is 2.68. The van der Waals surface area contributed by atoms with E-state index in [2.05, 4.69) is 12.2 Å². The Hall–Kier alpha value is -0.610. The van der Waals surface area contributed by atoms with Gasteiger partial charge in [0.1, 0.15) is 5.60 Å². The molecule has 0 amide bonds. The molecule has 0 rings (SSSR count). The molecule has 0 aromatic heterocycles. The zero-order valence-corrected chi connectivity index (χ0v) is 11.7. The summed E-state index contributed by atoms with van der Waals surface area (Å²) in [5.74, 6) is -0.156. The summed E-state index contributed by atoms with van der Waals surface area (Å²) < 4.78 is 10.6. The van der Waals surface area contributed by atoms with Crippen molar-refractivity contribution in [2.24, 2.45) is 0 Å². The van der Waals surface area contributed by atoms with E-state index in [9.17, 15) is 4.79 Å². The quantitative estimate of drug-likeness (QED) is 0.499. The molecule has 0 unspecified atom stereocenters. The maximum Gasteiger partial charge on any atom is 0.307 e. The first-order chi connectivity index (χ1) is 7.95. The summed E-state index contributed by atoms with van der Waals surface area (Å²) >= 11 is 0. The molecule has 0 aliphatic heterocycles. The molecule has 4 heteroatoms. The molecule has 0 bridgehead atoms. The number of unbranched alkanes of at least 4 members (excludes halogenated alkanes) is 1. The van der Waals surface area contributed by atoms with E-state index in [0.717, 1.165) is 26.0 Å². The Morgan fingerprint density at radius 3 is 2.47 bits per heavy atom. The van der Waals surface area contributed by atoms with Gasteiger partial charge in [0.05, 0.1) is 13.0 Å². The van der Waals surface area contributed by atoms with Crippen molar-refractivity contribution in [2.75, 3.05) is 26.3 Å². The second kappa shape index (κ2) is 9.42. The average molecular weight is 245 g/mol. The predicted octanol–water partition coefficient (Wildman–Crippen LogP) is 2.12. The van der Waals surface area contributed by atoms with Crippen LogP contribution in [0.15, 0.2) is 0 Å². The third kappa shape index (κ3) is 13.3. The largest absolute Gasteiger partial charge is 0.460 e. The van der Waals surface area contributed by atoms with Crippen LogP contribution < -0.4 is 5.32 Å². The normalized spacial score (nSPS) is 11.5. The fraction of sp³-hybridized carbons (Fsp3) is 0.923. The van der Waals surface area contributed by atoms with Gasteiger partial charge in [0, 0.05) is 19.7 Å².